The lowest BCUT2D eigenvalue weighted by atomic mass is 10.2. The van der Waals surface area contributed by atoms with E-state index in [-0.39, 0.29) is 6.10 Å². The van der Waals surface area contributed by atoms with Crippen LogP contribution in [0.15, 0.2) is 30.3 Å². The minimum atomic E-state index is -0.237. The highest BCUT2D eigenvalue weighted by atomic mass is 16.3. The van der Waals surface area contributed by atoms with E-state index in [1.54, 1.807) is 0 Å². The zero-order chi connectivity index (χ0) is 11.5. The number of aliphatic hydroxyl groups is 1. The number of para-hydroxylation sites is 1. The SMILES string of the molecule is CCCC(O)Cn1c(C)cc2ccccc21. The fourth-order valence-corrected chi connectivity index (χ4v) is 2.23. The largest absolute Gasteiger partial charge is 0.391 e. The lowest BCUT2D eigenvalue weighted by Gasteiger charge is -2.13. The lowest BCUT2D eigenvalue weighted by Crippen LogP contribution is -2.16. The molecule has 1 atom stereocenters. The monoisotopic (exact) mass is 217 g/mol. The van der Waals surface area contributed by atoms with Crippen LogP contribution in [0.2, 0.25) is 0 Å². The molecule has 0 radical (unpaired) electrons. The highest BCUT2D eigenvalue weighted by Gasteiger charge is 2.09. The Morgan fingerprint density at radius 3 is 2.81 bits per heavy atom. The minimum absolute atomic E-state index is 0.237. The Balaban J connectivity index is 2.32. The molecule has 2 rings (SSSR count). The first-order valence-electron chi connectivity index (χ1n) is 5.95. The third-order valence-corrected chi connectivity index (χ3v) is 3.03. The molecule has 16 heavy (non-hydrogen) atoms. The number of aryl methyl sites for hydroxylation is 1. The topological polar surface area (TPSA) is 25.2 Å². The Labute approximate surface area is 96.5 Å². The van der Waals surface area contributed by atoms with Crippen molar-refractivity contribution >= 4 is 10.9 Å². The second-order valence-electron chi connectivity index (χ2n) is 4.40. The van der Waals surface area contributed by atoms with Gasteiger partial charge in [0.2, 0.25) is 0 Å². The van der Waals surface area contributed by atoms with E-state index < -0.39 is 0 Å². The molecule has 1 unspecified atom stereocenters. The van der Waals surface area contributed by atoms with E-state index >= 15 is 0 Å². The molecular formula is C14H19NO. The maximum Gasteiger partial charge on any atom is 0.0719 e. The molecule has 0 aliphatic heterocycles. The number of benzene rings is 1. The number of rotatable bonds is 4. The van der Waals surface area contributed by atoms with Gasteiger partial charge in [0.1, 0.15) is 0 Å². The van der Waals surface area contributed by atoms with Gasteiger partial charge in [-0.15, -0.1) is 0 Å². The second kappa shape index (κ2) is 4.71. The van der Waals surface area contributed by atoms with Crippen LogP contribution in [0.1, 0.15) is 25.5 Å². The molecule has 0 spiro atoms. The van der Waals surface area contributed by atoms with Crippen LogP contribution < -0.4 is 0 Å². The summed E-state index contributed by atoms with van der Waals surface area (Å²) in [6, 6.07) is 10.5. The van der Waals surface area contributed by atoms with Crippen LogP contribution in [0.25, 0.3) is 10.9 Å². The van der Waals surface area contributed by atoms with Gasteiger partial charge in [-0.2, -0.15) is 0 Å². The zero-order valence-corrected chi connectivity index (χ0v) is 9.98. The van der Waals surface area contributed by atoms with Gasteiger partial charge in [-0.05, 0) is 30.9 Å². The van der Waals surface area contributed by atoms with Gasteiger partial charge in [0, 0.05) is 17.8 Å². The van der Waals surface area contributed by atoms with Crippen LogP contribution in [0.3, 0.4) is 0 Å². The highest BCUT2D eigenvalue weighted by molar-refractivity contribution is 5.81. The van der Waals surface area contributed by atoms with E-state index in [1.807, 2.05) is 6.07 Å². The fraction of sp³-hybridized carbons (Fsp3) is 0.429. The number of aromatic nitrogens is 1. The standard InChI is InChI=1S/C14H19NO/c1-3-6-13(16)10-15-11(2)9-12-7-4-5-8-14(12)15/h4-5,7-9,13,16H,3,6,10H2,1-2H3. The van der Waals surface area contributed by atoms with Crippen LogP contribution in [0, 0.1) is 6.92 Å². The summed E-state index contributed by atoms with van der Waals surface area (Å²) in [6.07, 6.45) is 1.66. The Hall–Kier alpha value is -1.28. The molecule has 1 aromatic carbocycles. The van der Waals surface area contributed by atoms with Crippen molar-refractivity contribution in [3.8, 4) is 0 Å². The average molecular weight is 217 g/mol. The van der Waals surface area contributed by atoms with Crippen molar-refractivity contribution in [2.24, 2.45) is 0 Å². The average Bonchev–Trinajstić information content (AvgIpc) is 2.56. The Kier molecular flexibility index (Phi) is 3.30. The van der Waals surface area contributed by atoms with Crippen molar-refractivity contribution in [3.63, 3.8) is 0 Å². The molecule has 0 saturated carbocycles. The van der Waals surface area contributed by atoms with Crippen LogP contribution in [-0.2, 0) is 6.54 Å². The zero-order valence-electron chi connectivity index (χ0n) is 9.98. The number of hydrogen-bond donors (Lipinski definition) is 1. The molecule has 0 fully saturated rings. The molecule has 0 aliphatic carbocycles. The van der Waals surface area contributed by atoms with Gasteiger partial charge in [-0.25, -0.2) is 0 Å². The molecule has 2 nitrogen and oxygen atoms in total. The van der Waals surface area contributed by atoms with Crippen molar-refractivity contribution in [2.45, 2.75) is 39.3 Å². The molecule has 0 amide bonds. The summed E-state index contributed by atoms with van der Waals surface area (Å²) in [7, 11) is 0. The summed E-state index contributed by atoms with van der Waals surface area (Å²) in [5, 5.41) is 11.1. The van der Waals surface area contributed by atoms with Gasteiger partial charge in [0.25, 0.3) is 0 Å². The van der Waals surface area contributed by atoms with E-state index in [0.29, 0.717) is 6.54 Å². The molecular weight excluding hydrogens is 198 g/mol. The van der Waals surface area contributed by atoms with Gasteiger partial charge in [-0.1, -0.05) is 31.5 Å². The highest BCUT2D eigenvalue weighted by Crippen LogP contribution is 2.20. The first kappa shape index (κ1) is 11.2. The number of aliphatic hydroxyl groups excluding tert-OH is 1. The van der Waals surface area contributed by atoms with E-state index in [2.05, 4.69) is 42.7 Å². The summed E-state index contributed by atoms with van der Waals surface area (Å²) < 4.78 is 2.20. The van der Waals surface area contributed by atoms with Crippen molar-refractivity contribution in [3.05, 3.63) is 36.0 Å². The summed E-state index contributed by atoms with van der Waals surface area (Å²) in [4.78, 5) is 0. The summed E-state index contributed by atoms with van der Waals surface area (Å²) in [6.45, 7) is 4.90. The van der Waals surface area contributed by atoms with Crippen molar-refractivity contribution < 1.29 is 5.11 Å². The Bertz CT molecular complexity index is 473. The summed E-state index contributed by atoms with van der Waals surface area (Å²) in [5.41, 5.74) is 2.44. The Morgan fingerprint density at radius 2 is 2.06 bits per heavy atom. The molecule has 1 aromatic heterocycles. The van der Waals surface area contributed by atoms with Crippen LogP contribution in [0.4, 0.5) is 0 Å². The molecule has 1 heterocycles. The predicted octanol–water partition coefficient (Wildman–Crippen LogP) is 3.11. The molecule has 0 aliphatic rings. The maximum absolute atomic E-state index is 9.88. The van der Waals surface area contributed by atoms with Gasteiger partial charge >= 0.3 is 0 Å². The van der Waals surface area contributed by atoms with Gasteiger partial charge < -0.3 is 9.67 Å². The quantitative estimate of drug-likeness (QED) is 0.836. The first-order chi connectivity index (χ1) is 7.72. The van der Waals surface area contributed by atoms with Crippen LogP contribution in [-0.4, -0.2) is 15.8 Å². The molecule has 0 bridgehead atoms. The van der Waals surface area contributed by atoms with E-state index in [9.17, 15) is 5.11 Å². The van der Waals surface area contributed by atoms with Gasteiger partial charge in [0.15, 0.2) is 0 Å². The number of nitrogens with zero attached hydrogens (tertiary/aromatic N) is 1. The van der Waals surface area contributed by atoms with Crippen LogP contribution in [0.5, 0.6) is 0 Å². The number of fused-ring (bicyclic) bond motifs is 1. The van der Waals surface area contributed by atoms with Gasteiger partial charge in [0.05, 0.1) is 6.10 Å². The van der Waals surface area contributed by atoms with Crippen molar-refractivity contribution in [2.75, 3.05) is 0 Å². The molecule has 0 saturated heterocycles. The maximum atomic E-state index is 9.88. The first-order valence-corrected chi connectivity index (χ1v) is 5.95. The lowest BCUT2D eigenvalue weighted by molar-refractivity contribution is 0.144. The third kappa shape index (κ3) is 2.12. The molecule has 86 valence electrons. The minimum Gasteiger partial charge on any atom is -0.391 e. The van der Waals surface area contributed by atoms with Crippen LogP contribution >= 0.6 is 0 Å². The molecule has 2 aromatic rings. The summed E-state index contributed by atoms with van der Waals surface area (Å²) >= 11 is 0. The smallest absolute Gasteiger partial charge is 0.0719 e. The second-order valence-corrected chi connectivity index (χ2v) is 4.40. The predicted molar refractivity (Wildman–Crippen MR) is 67.6 cm³/mol. The van der Waals surface area contributed by atoms with Crippen molar-refractivity contribution in [1.82, 2.24) is 4.57 Å². The fourth-order valence-electron chi connectivity index (χ4n) is 2.23. The van der Waals surface area contributed by atoms with E-state index in [1.165, 1.54) is 16.6 Å². The molecule has 2 heteroatoms. The Morgan fingerprint density at radius 1 is 1.31 bits per heavy atom. The molecule has 1 N–H and O–H groups in total. The number of hydrogen-bond acceptors (Lipinski definition) is 1. The third-order valence-electron chi connectivity index (χ3n) is 3.03. The normalized spacial score (nSPS) is 13.2. The van der Waals surface area contributed by atoms with E-state index in [0.717, 1.165) is 12.8 Å². The van der Waals surface area contributed by atoms with Crippen molar-refractivity contribution in [1.29, 1.82) is 0 Å². The van der Waals surface area contributed by atoms with Gasteiger partial charge in [-0.3, -0.25) is 0 Å². The summed E-state index contributed by atoms with van der Waals surface area (Å²) in [5.74, 6) is 0. The van der Waals surface area contributed by atoms with E-state index in [4.69, 9.17) is 0 Å².